The molecule has 72 valence electrons. The second-order valence-electron chi connectivity index (χ2n) is 4.05. The summed E-state index contributed by atoms with van der Waals surface area (Å²) in [6.07, 6.45) is 0.874. The van der Waals surface area contributed by atoms with Crippen molar-refractivity contribution in [2.24, 2.45) is 0 Å². The van der Waals surface area contributed by atoms with E-state index in [0.29, 0.717) is 0 Å². The molecule has 1 amide bonds. The Bertz CT molecular complexity index is 283. The van der Waals surface area contributed by atoms with Crippen LogP contribution in [0.15, 0.2) is 11.1 Å². The standard InChI is InChI=1S/C10H15NO2/c1-6-4-9-8(3)13-10(12)11(9)5-7(6)2/h8-9H,4-5H2,1-3H3/t8-,9-/m1/s1. The van der Waals surface area contributed by atoms with Gasteiger partial charge in [-0.2, -0.15) is 0 Å². The largest absolute Gasteiger partial charge is 0.444 e. The summed E-state index contributed by atoms with van der Waals surface area (Å²) in [5.41, 5.74) is 2.72. The molecule has 3 nitrogen and oxygen atoms in total. The highest BCUT2D eigenvalue weighted by Crippen LogP contribution is 2.30. The van der Waals surface area contributed by atoms with Crippen LogP contribution in [0.1, 0.15) is 27.2 Å². The summed E-state index contributed by atoms with van der Waals surface area (Å²) >= 11 is 0. The number of cyclic esters (lactones) is 1. The SMILES string of the molecule is CC1=C(C)CN2C(=O)O[C@H](C)[C@H]2C1. The molecule has 2 rings (SSSR count). The van der Waals surface area contributed by atoms with Gasteiger partial charge < -0.3 is 4.74 Å². The smallest absolute Gasteiger partial charge is 0.410 e. The van der Waals surface area contributed by atoms with Gasteiger partial charge in [0, 0.05) is 6.54 Å². The number of carbonyl (C=O) groups excluding carboxylic acids is 1. The van der Waals surface area contributed by atoms with Gasteiger partial charge >= 0.3 is 6.09 Å². The lowest BCUT2D eigenvalue weighted by Crippen LogP contribution is -2.40. The zero-order valence-corrected chi connectivity index (χ0v) is 8.33. The third-order valence-corrected chi connectivity index (χ3v) is 3.11. The molecule has 1 fully saturated rings. The lowest BCUT2D eigenvalue weighted by Gasteiger charge is -2.29. The van der Waals surface area contributed by atoms with E-state index in [-0.39, 0.29) is 18.2 Å². The number of fused-ring (bicyclic) bond motifs is 1. The normalized spacial score (nSPS) is 33.5. The van der Waals surface area contributed by atoms with Gasteiger partial charge in [0.15, 0.2) is 0 Å². The first-order chi connectivity index (χ1) is 6.09. The molecule has 2 aliphatic heterocycles. The molecule has 0 saturated carbocycles. The highest BCUT2D eigenvalue weighted by Gasteiger charge is 2.41. The number of hydrogen-bond donors (Lipinski definition) is 0. The molecule has 2 atom stereocenters. The summed E-state index contributed by atoms with van der Waals surface area (Å²) in [5.74, 6) is 0. The average Bonchev–Trinajstić information content (AvgIpc) is 2.31. The van der Waals surface area contributed by atoms with E-state index in [1.807, 2.05) is 11.8 Å². The Morgan fingerprint density at radius 1 is 1.38 bits per heavy atom. The Balaban J connectivity index is 2.26. The first kappa shape index (κ1) is 8.60. The molecule has 0 aromatic carbocycles. The van der Waals surface area contributed by atoms with Crippen LogP contribution >= 0.6 is 0 Å². The van der Waals surface area contributed by atoms with Gasteiger partial charge in [0.2, 0.25) is 0 Å². The predicted molar refractivity (Wildman–Crippen MR) is 49.4 cm³/mol. The molecule has 0 N–H and O–H groups in total. The number of rotatable bonds is 0. The summed E-state index contributed by atoms with van der Waals surface area (Å²) in [7, 11) is 0. The highest BCUT2D eigenvalue weighted by atomic mass is 16.6. The van der Waals surface area contributed by atoms with Crippen LogP contribution in [-0.2, 0) is 4.74 Å². The average molecular weight is 181 g/mol. The van der Waals surface area contributed by atoms with E-state index >= 15 is 0 Å². The van der Waals surface area contributed by atoms with Crippen molar-refractivity contribution in [1.29, 1.82) is 0 Å². The van der Waals surface area contributed by atoms with Crippen molar-refractivity contribution in [1.82, 2.24) is 4.90 Å². The van der Waals surface area contributed by atoms with Crippen LogP contribution < -0.4 is 0 Å². The van der Waals surface area contributed by atoms with Gasteiger partial charge in [-0.05, 0) is 27.2 Å². The van der Waals surface area contributed by atoms with E-state index in [1.165, 1.54) is 11.1 Å². The number of amides is 1. The molecule has 1 saturated heterocycles. The predicted octanol–water partition coefficient (Wildman–Crippen LogP) is 1.94. The fourth-order valence-corrected chi connectivity index (χ4v) is 2.03. The van der Waals surface area contributed by atoms with Crippen LogP contribution in [0.3, 0.4) is 0 Å². The number of nitrogens with zero attached hydrogens (tertiary/aromatic N) is 1. The Labute approximate surface area is 78.4 Å². The molecule has 0 radical (unpaired) electrons. The van der Waals surface area contributed by atoms with Gasteiger partial charge in [0.05, 0.1) is 6.04 Å². The van der Waals surface area contributed by atoms with Crippen LogP contribution in [0.25, 0.3) is 0 Å². The quantitative estimate of drug-likeness (QED) is 0.534. The van der Waals surface area contributed by atoms with Crippen molar-refractivity contribution >= 4 is 6.09 Å². The van der Waals surface area contributed by atoms with Crippen molar-refractivity contribution < 1.29 is 9.53 Å². The van der Waals surface area contributed by atoms with Crippen LogP contribution in [0.2, 0.25) is 0 Å². The molecular weight excluding hydrogens is 166 g/mol. The Kier molecular flexibility index (Phi) is 1.82. The maximum atomic E-state index is 11.4. The number of ether oxygens (including phenoxy) is 1. The molecule has 0 aromatic rings. The second-order valence-corrected chi connectivity index (χ2v) is 4.05. The van der Waals surface area contributed by atoms with Crippen LogP contribution in [0.5, 0.6) is 0 Å². The van der Waals surface area contributed by atoms with Gasteiger partial charge in [-0.1, -0.05) is 11.1 Å². The molecule has 0 aromatic heterocycles. The van der Waals surface area contributed by atoms with Gasteiger partial charge in [-0.15, -0.1) is 0 Å². The highest BCUT2D eigenvalue weighted by molar-refractivity contribution is 5.71. The van der Waals surface area contributed by atoms with Gasteiger partial charge in [-0.25, -0.2) is 4.79 Å². The van der Waals surface area contributed by atoms with Gasteiger partial charge in [-0.3, -0.25) is 4.90 Å². The molecule has 2 aliphatic rings. The minimum Gasteiger partial charge on any atom is -0.444 e. The Morgan fingerprint density at radius 2 is 2.08 bits per heavy atom. The molecule has 0 bridgehead atoms. The third-order valence-electron chi connectivity index (χ3n) is 3.11. The Morgan fingerprint density at radius 3 is 2.77 bits per heavy atom. The van der Waals surface area contributed by atoms with E-state index < -0.39 is 0 Å². The topological polar surface area (TPSA) is 29.5 Å². The van der Waals surface area contributed by atoms with E-state index in [9.17, 15) is 4.79 Å². The number of hydrogen-bond acceptors (Lipinski definition) is 2. The van der Waals surface area contributed by atoms with Crippen molar-refractivity contribution in [3.8, 4) is 0 Å². The number of carbonyl (C=O) groups is 1. The zero-order valence-electron chi connectivity index (χ0n) is 8.33. The summed E-state index contributed by atoms with van der Waals surface area (Å²) < 4.78 is 5.17. The molecular formula is C10H15NO2. The lowest BCUT2D eigenvalue weighted by atomic mass is 9.94. The maximum Gasteiger partial charge on any atom is 0.410 e. The molecule has 0 aliphatic carbocycles. The fraction of sp³-hybridized carbons (Fsp3) is 0.700. The molecule has 0 unspecified atom stereocenters. The van der Waals surface area contributed by atoms with Gasteiger partial charge in [0.25, 0.3) is 0 Å². The molecule has 0 spiro atoms. The van der Waals surface area contributed by atoms with Gasteiger partial charge in [0.1, 0.15) is 6.10 Å². The summed E-state index contributed by atoms with van der Waals surface area (Å²) in [6, 6.07) is 0.274. The minimum atomic E-state index is -0.149. The molecule has 3 heteroatoms. The van der Waals surface area contributed by atoms with E-state index in [4.69, 9.17) is 4.74 Å². The second kappa shape index (κ2) is 2.76. The van der Waals surface area contributed by atoms with Crippen molar-refractivity contribution in [2.45, 2.75) is 39.3 Å². The fourth-order valence-electron chi connectivity index (χ4n) is 2.03. The first-order valence-corrected chi connectivity index (χ1v) is 4.72. The van der Waals surface area contributed by atoms with Crippen molar-refractivity contribution in [2.75, 3.05) is 6.54 Å². The van der Waals surface area contributed by atoms with E-state index in [1.54, 1.807) is 0 Å². The molecule has 2 heterocycles. The monoisotopic (exact) mass is 181 g/mol. The zero-order chi connectivity index (χ0) is 9.59. The maximum absolute atomic E-state index is 11.4. The minimum absolute atomic E-state index is 0.0514. The van der Waals surface area contributed by atoms with E-state index in [2.05, 4.69) is 13.8 Å². The summed E-state index contributed by atoms with van der Waals surface area (Å²) in [6.45, 7) is 6.94. The van der Waals surface area contributed by atoms with Crippen LogP contribution in [-0.4, -0.2) is 29.7 Å². The molecule has 13 heavy (non-hydrogen) atoms. The van der Waals surface area contributed by atoms with Crippen LogP contribution in [0, 0.1) is 0 Å². The summed E-state index contributed by atoms with van der Waals surface area (Å²) in [4.78, 5) is 13.2. The summed E-state index contributed by atoms with van der Waals surface area (Å²) in [5, 5.41) is 0. The van der Waals surface area contributed by atoms with Crippen molar-refractivity contribution in [3.05, 3.63) is 11.1 Å². The third kappa shape index (κ3) is 1.23. The van der Waals surface area contributed by atoms with Crippen LogP contribution in [0.4, 0.5) is 4.79 Å². The van der Waals surface area contributed by atoms with Crippen molar-refractivity contribution in [3.63, 3.8) is 0 Å². The first-order valence-electron chi connectivity index (χ1n) is 4.72. The lowest BCUT2D eigenvalue weighted by molar-refractivity contribution is 0.138. The van der Waals surface area contributed by atoms with E-state index in [0.717, 1.165) is 13.0 Å². The Hall–Kier alpha value is -0.990.